The van der Waals surface area contributed by atoms with E-state index in [1.807, 2.05) is 11.3 Å². The normalized spacial score (nSPS) is 24.5. The molecular formula is C14H17NOS. The summed E-state index contributed by atoms with van der Waals surface area (Å²) in [4.78, 5) is 0. The molecule has 0 saturated carbocycles. The first-order valence-electron chi connectivity index (χ1n) is 6.14. The van der Waals surface area contributed by atoms with E-state index in [1.165, 1.54) is 15.6 Å². The minimum Gasteiger partial charge on any atom is -0.377 e. The van der Waals surface area contributed by atoms with Crippen LogP contribution in [0.4, 0.5) is 0 Å². The molecule has 90 valence electrons. The zero-order valence-electron chi connectivity index (χ0n) is 9.98. The summed E-state index contributed by atoms with van der Waals surface area (Å²) >= 11 is 1.83. The van der Waals surface area contributed by atoms with Crippen LogP contribution in [0, 0.1) is 0 Å². The van der Waals surface area contributed by atoms with Crippen LogP contribution in [0.5, 0.6) is 0 Å². The van der Waals surface area contributed by atoms with E-state index in [2.05, 4.69) is 41.9 Å². The lowest BCUT2D eigenvalue weighted by atomic mass is 10.1. The van der Waals surface area contributed by atoms with Gasteiger partial charge in [0, 0.05) is 23.9 Å². The van der Waals surface area contributed by atoms with Crippen molar-refractivity contribution >= 4 is 21.4 Å². The van der Waals surface area contributed by atoms with Crippen LogP contribution in [0.1, 0.15) is 18.9 Å². The number of nitrogens with one attached hydrogen (secondary N) is 1. The Hall–Kier alpha value is -0.900. The molecule has 1 aliphatic rings. The van der Waals surface area contributed by atoms with Crippen molar-refractivity contribution in [2.75, 3.05) is 6.61 Å². The summed E-state index contributed by atoms with van der Waals surface area (Å²) in [6.07, 6.45) is 1.48. The molecule has 2 unspecified atom stereocenters. The van der Waals surface area contributed by atoms with Crippen molar-refractivity contribution < 1.29 is 4.74 Å². The summed E-state index contributed by atoms with van der Waals surface area (Å²) < 4.78 is 6.94. The van der Waals surface area contributed by atoms with Gasteiger partial charge in [0.15, 0.2) is 0 Å². The van der Waals surface area contributed by atoms with Crippen molar-refractivity contribution in [1.82, 2.24) is 5.32 Å². The van der Waals surface area contributed by atoms with Crippen LogP contribution in [0.15, 0.2) is 29.6 Å². The summed E-state index contributed by atoms with van der Waals surface area (Å²) in [5.74, 6) is 0. The number of hydrogen-bond acceptors (Lipinski definition) is 3. The smallest absolute Gasteiger partial charge is 0.0700 e. The summed E-state index contributed by atoms with van der Waals surface area (Å²) in [5, 5.41) is 7.26. The fraction of sp³-hybridized carbons (Fsp3) is 0.429. The Balaban J connectivity index is 1.72. The number of thiophene rings is 1. The maximum atomic E-state index is 5.56. The highest BCUT2D eigenvalue weighted by molar-refractivity contribution is 7.17. The van der Waals surface area contributed by atoms with Gasteiger partial charge in [-0.3, -0.25) is 0 Å². The molecule has 2 aromatic rings. The van der Waals surface area contributed by atoms with Crippen LogP contribution in [-0.2, 0) is 11.3 Å². The Labute approximate surface area is 106 Å². The van der Waals surface area contributed by atoms with Crippen molar-refractivity contribution in [2.45, 2.75) is 32.0 Å². The van der Waals surface area contributed by atoms with Gasteiger partial charge in [-0.1, -0.05) is 18.2 Å². The molecule has 1 aliphatic heterocycles. The zero-order valence-corrected chi connectivity index (χ0v) is 10.8. The number of rotatable bonds is 3. The molecule has 3 rings (SSSR count). The number of ether oxygens (including phenoxy) is 1. The van der Waals surface area contributed by atoms with E-state index in [4.69, 9.17) is 4.74 Å². The van der Waals surface area contributed by atoms with Crippen LogP contribution in [0.3, 0.4) is 0 Å². The fourth-order valence-corrected chi connectivity index (χ4v) is 3.37. The van der Waals surface area contributed by atoms with E-state index in [0.717, 1.165) is 19.6 Å². The van der Waals surface area contributed by atoms with Crippen molar-refractivity contribution in [3.05, 3.63) is 35.2 Å². The molecule has 2 atom stereocenters. The van der Waals surface area contributed by atoms with E-state index in [9.17, 15) is 0 Å². The molecule has 1 fully saturated rings. The average molecular weight is 247 g/mol. The van der Waals surface area contributed by atoms with Crippen molar-refractivity contribution in [3.63, 3.8) is 0 Å². The van der Waals surface area contributed by atoms with Crippen molar-refractivity contribution in [2.24, 2.45) is 0 Å². The summed E-state index contributed by atoms with van der Waals surface area (Å²) in [6.45, 7) is 3.99. The van der Waals surface area contributed by atoms with Gasteiger partial charge in [-0.05, 0) is 35.7 Å². The Morgan fingerprint density at radius 1 is 1.41 bits per heavy atom. The monoisotopic (exact) mass is 247 g/mol. The first kappa shape index (κ1) is 11.2. The second-order valence-electron chi connectivity index (χ2n) is 4.61. The van der Waals surface area contributed by atoms with Crippen molar-refractivity contribution in [3.8, 4) is 0 Å². The lowest BCUT2D eigenvalue weighted by Crippen LogP contribution is -2.34. The van der Waals surface area contributed by atoms with Gasteiger partial charge in [0.25, 0.3) is 0 Å². The minimum atomic E-state index is 0.347. The molecule has 2 heterocycles. The van der Waals surface area contributed by atoms with Crippen LogP contribution in [0.2, 0.25) is 0 Å². The first-order valence-corrected chi connectivity index (χ1v) is 7.02. The molecule has 0 amide bonds. The van der Waals surface area contributed by atoms with E-state index in [0.29, 0.717) is 12.1 Å². The third kappa shape index (κ3) is 2.23. The summed E-state index contributed by atoms with van der Waals surface area (Å²) in [6, 6.07) is 9.11. The maximum Gasteiger partial charge on any atom is 0.0700 e. The lowest BCUT2D eigenvalue weighted by molar-refractivity contribution is 0.113. The molecule has 1 aromatic heterocycles. The Kier molecular flexibility index (Phi) is 3.14. The van der Waals surface area contributed by atoms with Gasteiger partial charge in [-0.2, -0.15) is 0 Å². The first-order chi connectivity index (χ1) is 8.34. The highest BCUT2D eigenvalue weighted by atomic mass is 32.1. The molecule has 0 radical (unpaired) electrons. The fourth-order valence-electron chi connectivity index (χ4n) is 2.41. The molecule has 17 heavy (non-hydrogen) atoms. The van der Waals surface area contributed by atoms with Crippen LogP contribution < -0.4 is 5.32 Å². The maximum absolute atomic E-state index is 5.56. The molecule has 1 N–H and O–H groups in total. The van der Waals surface area contributed by atoms with Gasteiger partial charge in [0.05, 0.1) is 6.10 Å². The molecule has 0 aliphatic carbocycles. The second kappa shape index (κ2) is 4.77. The predicted octanol–water partition coefficient (Wildman–Crippen LogP) is 3.17. The standard InChI is InChI=1S/C14H17NOS/c1-10-13(6-7-16-10)15-8-11-9-17-14-5-3-2-4-12(11)14/h2-5,9-10,13,15H,6-8H2,1H3. The molecular weight excluding hydrogens is 230 g/mol. The van der Waals surface area contributed by atoms with E-state index < -0.39 is 0 Å². The van der Waals surface area contributed by atoms with E-state index in [1.54, 1.807) is 0 Å². The van der Waals surface area contributed by atoms with Gasteiger partial charge in [-0.25, -0.2) is 0 Å². The zero-order chi connectivity index (χ0) is 11.7. The Morgan fingerprint density at radius 2 is 2.29 bits per heavy atom. The largest absolute Gasteiger partial charge is 0.377 e. The second-order valence-corrected chi connectivity index (χ2v) is 5.52. The van der Waals surface area contributed by atoms with Crippen molar-refractivity contribution in [1.29, 1.82) is 0 Å². The average Bonchev–Trinajstić information content (AvgIpc) is 2.93. The quantitative estimate of drug-likeness (QED) is 0.899. The van der Waals surface area contributed by atoms with E-state index in [-0.39, 0.29) is 0 Å². The third-order valence-corrected chi connectivity index (χ3v) is 4.50. The molecule has 0 bridgehead atoms. The molecule has 3 heteroatoms. The van der Waals surface area contributed by atoms with E-state index >= 15 is 0 Å². The van der Waals surface area contributed by atoms with Gasteiger partial charge < -0.3 is 10.1 Å². The molecule has 0 spiro atoms. The topological polar surface area (TPSA) is 21.3 Å². The number of fused-ring (bicyclic) bond motifs is 1. The summed E-state index contributed by atoms with van der Waals surface area (Å²) in [7, 11) is 0. The van der Waals surface area contributed by atoms with Crippen LogP contribution >= 0.6 is 11.3 Å². The predicted molar refractivity (Wildman–Crippen MR) is 72.5 cm³/mol. The molecule has 1 aromatic carbocycles. The number of hydrogen-bond donors (Lipinski definition) is 1. The third-order valence-electron chi connectivity index (χ3n) is 3.49. The van der Waals surface area contributed by atoms with Gasteiger partial charge in [0.2, 0.25) is 0 Å². The van der Waals surface area contributed by atoms with Gasteiger partial charge in [0.1, 0.15) is 0 Å². The highest BCUT2D eigenvalue weighted by Gasteiger charge is 2.23. The molecule has 2 nitrogen and oxygen atoms in total. The van der Waals surface area contributed by atoms with Gasteiger partial charge >= 0.3 is 0 Å². The van der Waals surface area contributed by atoms with Crippen LogP contribution in [-0.4, -0.2) is 18.8 Å². The Bertz CT molecular complexity index is 508. The van der Waals surface area contributed by atoms with Crippen LogP contribution in [0.25, 0.3) is 10.1 Å². The summed E-state index contributed by atoms with van der Waals surface area (Å²) in [5.41, 5.74) is 1.41. The number of benzene rings is 1. The Morgan fingerprint density at radius 3 is 3.12 bits per heavy atom. The highest BCUT2D eigenvalue weighted by Crippen LogP contribution is 2.25. The SMILES string of the molecule is CC1OCCC1NCc1csc2ccccc12. The molecule has 1 saturated heterocycles. The minimum absolute atomic E-state index is 0.347. The van der Waals surface area contributed by atoms with Gasteiger partial charge in [-0.15, -0.1) is 11.3 Å². The lowest BCUT2D eigenvalue weighted by Gasteiger charge is -2.15.